The summed E-state index contributed by atoms with van der Waals surface area (Å²) in [7, 11) is 6.40. The fraction of sp³-hybridized carbons (Fsp3) is 0.359. The molecule has 11 heteroatoms. The van der Waals surface area contributed by atoms with Crippen molar-refractivity contribution in [2.75, 3.05) is 54.6 Å². The number of fused-ring (bicyclic) bond motifs is 1. The number of halogens is 1. The zero-order valence-corrected chi connectivity index (χ0v) is 29.7. The van der Waals surface area contributed by atoms with Crippen LogP contribution >= 0.6 is 11.6 Å². The first-order chi connectivity index (χ1) is 24.3. The van der Waals surface area contributed by atoms with E-state index in [1.54, 1.807) is 30.3 Å². The first-order valence-electron chi connectivity index (χ1n) is 16.8. The Labute approximate surface area is 297 Å². The number of likely N-dealkylation sites (N-methyl/N-ethyl adjacent to an activating group) is 1. The number of rotatable bonds is 14. The molecule has 0 spiro atoms. The topological polar surface area (TPSA) is 99.3 Å². The second kappa shape index (κ2) is 15.8. The highest BCUT2D eigenvalue weighted by atomic mass is 35.5. The first kappa shape index (κ1) is 35.0. The molecule has 50 heavy (non-hydrogen) atoms. The van der Waals surface area contributed by atoms with E-state index in [2.05, 4.69) is 11.0 Å². The average Bonchev–Trinajstić information content (AvgIpc) is 3.80. The second-order valence-corrected chi connectivity index (χ2v) is 13.1. The summed E-state index contributed by atoms with van der Waals surface area (Å²) in [5.41, 5.74) is 3.24. The van der Waals surface area contributed by atoms with Crippen molar-refractivity contribution in [3.63, 3.8) is 0 Å². The number of aromatic nitrogens is 2. The Morgan fingerprint density at radius 1 is 0.960 bits per heavy atom. The van der Waals surface area contributed by atoms with Crippen molar-refractivity contribution in [1.82, 2.24) is 19.4 Å². The molecule has 0 aliphatic carbocycles. The Balaban J connectivity index is 1.12. The zero-order chi connectivity index (χ0) is 35.2. The Kier molecular flexibility index (Phi) is 11.1. The van der Waals surface area contributed by atoms with Crippen molar-refractivity contribution in [2.45, 2.75) is 31.7 Å². The molecule has 1 atom stereocenters. The van der Waals surface area contributed by atoms with Crippen LogP contribution in [-0.2, 0) is 6.54 Å². The van der Waals surface area contributed by atoms with E-state index in [-0.39, 0.29) is 23.5 Å². The van der Waals surface area contributed by atoms with Crippen LogP contribution < -0.4 is 14.2 Å². The molecule has 0 N–H and O–H groups in total. The molecular formula is C39H43ClN4O6. The summed E-state index contributed by atoms with van der Waals surface area (Å²) in [5, 5.41) is 0.656. The third-order valence-corrected chi connectivity index (χ3v) is 9.83. The number of ether oxygens (including phenoxy) is 3. The van der Waals surface area contributed by atoms with Crippen LogP contribution in [0.25, 0.3) is 11.0 Å². The number of amides is 1. The molecule has 10 nitrogen and oxygen atoms in total. The predicted octanol–water partition coefficient (Wildman–Crippen LogP) is 7.20. The molecule has 0 bridgehead atoms. The summed E-state index contributed by atoms with van der Waals surface area (Å²) in [6, 6.07) is 22.8. The Hall–Kier alpha value is -4.80. The summed E-state index contributed by atoms with van der Waals surface area (Å²) in [4.78, 5) is 36.5. The quantitative estimate of drug-likeness (QED) is 0.112. The van der Waals surface area contributed by atoms with Gasteiger partial charge in [-0.3, -0.25) is 9.59 Å². The highest BCUT2D eigenvalue weighted by Gasteiger charge is 2.30. The van der Waals surface area contributed by atoms with Gasteiger partial charge in [-0.15, -0.1) is 0 Å². The normalized spacial score (nSPS) is 14.4. The van der Waals surface area contributed by atoms with Crippen LogP contribution in [0, 0.1) is 5.92 Å². The van der Waals surface area contributed by atoms with Crippen molar-refractivity contribution >= 4 is 34.3 Å². The third kappa shape index (κ3) is 7.66. The molecule has 0 radical (unpaired) electrons. The van der Waals surface area contributed by atoms with Crippen LogP contribution in [0.5, 0.6) is 17.2 Å². The van der Waals surface area contributed by atoms with Crippen molar-refractivity contribution in [2.24, 2.45) is 5.92 Å². The van der Waals surface area contributed by atoms with Crippen LogP contribution in [0.2, 0.25) is 5.02 Å². The fourth-order valence-electron chi connectivity index (χ4n) is 6.88. The Bertz CT molecular complexity index is 1910. The van der Waals surface area contributed by atoms with Gasteiger partial charge in [-0.1, -0.05) is 35.9 Å². The van der Waals surface area contributed by atoms with E-state index in [1.165, 1.54) is 21.3 Å². The van der Waals surface area contributed by atoms with Gasteiger partial charge in [0.15, 0.2) is 17.3 Å². The summed E-state index contributed by atoms with van der Waals surface area (Å²) in [6.45, 7) is 3.36. The number of piperidine rings is 1. The molecule has 3 aromatic carbocycles. The number of methoxy groups -OCH3 is 3. The summed E-state index contributed by atoms with van der Waals surface area (Å²) < 4.78 is 24.0. The highest BCUT2D eigenvalue weighted by Crippen LogP contribution is 2.38. The smallest absolute Gasteiger partial charge is 0.253 e. The molecule has 262 valence electrons. The van der Waals surface area contributed by atoms with E-state index in [9.17, 15) is 9.59 Å². The van der Waals surface area contributed by atoms with E-state index in [4.69, 9.17) is 35.2 Å². The average molecular weight is 699 g/mol. The van der Waals surface area contributed by atoms with Gasteiger partial charge in [0.25, 0.3) is 5.91 Å². The number of imidazole rings is 1. The number of para-hydroxylation sites is 2. The molecule has 5 aromatic rings. The minimum Gasteiger partial charge on any atom is -0.493 e. The van der Waals surface area contributed by atoms with Gasteiger partial charge >= 0.3 is 0 Å². The largest absolute Gasteiger partial charge is 0.493 e. The Morgan fingerprint density at radius 3 is 2.36 bits per heavy atom. The maximum atomic E-state index is 13.9. The van der Waals surface area contributed by atoms with Gasteiger partial charge in [0.05, 0.1) is 45.2 Å². The molecule has 3 heterocycles. The maximum Gasteiger partial charge on any atom is 0.253 e. The van der Waals surface area contributed by atoms with Gasteiger partial charge in [0, 0.05) is 36.0 Å². The van der Waals surface area contributed by atoms with Crippen LogP contribution in [-0.4, -0.2) is 85.6 Å². The van der Waals surface area contributed by atoms with E-state index in [0.717, 1.165) is 61.3 Å². The maximum absolute atomic E-state index is 13.9. The van der Waals surface area contributed by atoms with Crippen molar-refractivity contribution in [3.8, 4) is 17.2 Å². The first-order valence-corrected chi connectivity index (χ1v) is 17.2. The molecule has 1 amide bonds. The van der Waals surface area contributed by atoms with Gasteiger partial charge in [-0.2, -0.15) is 0 Å². The molecule has 1 saturated heterocycles. The minimum atomic E-state index is -0.159. The predicted molar refractivity (Wildman–Crippen MR) is 193 cm³/mol. The SMILES string of the molecule is COc1cc(C(=O)N(C)CC(CCN2CCC(C(=O)c3nc4ccccc4n3Cc3ccco3)CC2)c2cccc(Cl)c2)cc(OC)c1OC. The summed E-state index contributed by atoms with van der Waals surface area (Å²) in [6.07, 6.45) is 3.97. The van der Waals surface area contributed by atoms with Gasteiger partial charge in [-0.25, -0.2) is 4.98 Å². The van der Waals surface area contributed by atoms with E-state index in [0.29, 0.717) is 46.7 Å². The molecule has 2 aromatic heterocycles. The molecule has 1 unspecified atom stereocenters. The fourth-order valence-corrected chi connectivity index (χ4v) is 7.08. The van der Waals surface area contributed by atoms with E-state index in [1.807, 2.05) is 59.2 Å². The number of hydrogen-bond acceptors (Lipinski definition) is 8. The zero-order valence-electron chi connectivity index (χ0n) is 28.9. The van der Waals surface area contributed by atoms with Gasteiger partial charge in [0.1, 0.15) is 5.76 Å². The molecular weight excluding hydrogens is 656 g/mol. The number of nitrogens with zero attached hydrogens (tertiary/aromatic N) is 4. The molecule has 1 aliphatic heterocycles. The molecule has 1 aliphatic rings. The van der Waals surface area contributed by atoms with Crippen molar-refractivity contribution < 1.29 is 28.2 Å². The minimum absolute atomic E-state index is 0.0329. The number of ketones is 1. The van der Waals surface area contributed by atoms with Crippen molar-refractivity contribution in [1.29, 1.82) is 0 Å². The molecule has 0 saturated carbocycles. The van der Waals surface area contributed by atoms with Crippen LogP contribution in [0.15, 0.2) is 83.5 Å². The summed E-state index contributed by atoms with van der Waals surface area (Å²) in [5.74, 6) is 2.39. The number of likely N-dealkylation sites (tertiary alicyclic amines) is 1. The summed E-state index contributed by atoms with van der Waals surface area (Å²) >= 11 is 6.43. The molecule has 6 rings (SSSR count). The monoisotopic (exact) mass is 698 g/mol. The Morgan fingerprint density at radius 2 is 1.70 bits per heavy atom. The van der Waals surface area contributed by atoms with Gasteiger partial charge in [-0.05, 0) is 93.0 Å². The second-order valence-electron chi connectivity index (χ2n) is 12.7. The lowest BCUT2D eigenvalue weighted by molar-refractivity contribution is 0.0778. The van der Waals surface area contributed by atoms with Crippen molar-refractivity contribution in [3.05, 3.63) is 107 Å². The van der Waals surface area contributed by atoms with Crippen LogP contribution in [0.3, 0.4) is 0 Å². The lowest BCUT2D eigenvalue weighted by atomic mass is 9.90. The van der Waals surface area contributed by atoms with E-state index < -0.39 is 0 Å². The lowest BCUT2D eigenvalue weighted by Gasteiger charge is -2.33. The highest BCUT2D eigenvalue weighted by molar-refractivity contribution is 6.30. The third-order valence-electron chi connectivity index (χ3n) is 9.59. The number of carbonyl (C=O) groups is 2. The van der Waals surface area contributed by atoms with Gasteiger partial charge < -0.3 is 33.0 Å². The van der Waals surface area contributed by atoms with Crippen LogP contribution in [0.4, 0.5) is 0 Å². The lowest BCUT2D eigenvalue weighted by Crippen LogP contribution is -2.38. The number of Topliss-reactive ketones (excluding diaryl/α,β-unsaturated/α-hetero) is 1. The van der Waals surface area contributed by atoms with E-state index >= 15 is 0 Å². The standard InChI is InChI=1S/C39H43ClN4O6/c1-42(39(46)29-22-34(47-2)37(49-4)35(23-29)48-3)24-28(27-9-7-10-30(40)21-27)16-19-43-17-14-26(15-18-43)36(45)38-41-32-12-5-6-13-33(32)44(38)25-31-11-8-20-50-31/h5-13,20-23,26,28H,14-19,24-25H2,1-4H3. The molecule has 1 fully saturated rings. The number of furan rings is 1. The van der Waals surface area contributed by atoms with Gasteiger partial charge in [0.2, 0.25) is 11.5 Å². The number of benzene rings is 3. The number of carbonyl (C=O) groups excluding carboxylic acids is 2. The van der Waals surface area contributed by atoms with Crippen LogP contribution in [0.1, 0.15) is 57.5 Å². The number of hydrogen-bond donors (Lipinski definition) is 0.